The lowest BCUT2D eigenvalue weighted by Crippen LogP contribution is -2.30. The van der Waals surface area contributed by atoms with Crippen molar-refractivity contribution in [3.63, 3.8) is 0 Å². The molecule has 0 aliphatic heterocycles. The monoisotopic (exact) mass is 335 g/mol. The number of fused-ring (bicyclic) bond motifs is 1. The summed E-state index contributed by atoms with van der Waals surface area (Å²) in [6.07, 6.45) is -3.93. The molecule has 1 aromatic heterocycles. The average Bonchev–Trinajstić information content (AvgIpc) is 2.77. The first-order valence-electron chi connectivity index (χ1n) is 6.49. The van der Waals surface area contributed by atoms with Crippen LogP contribution >= 0.6 is 11.3 Å². The summed E-state index contributed by atoms with van der Waals surface area (Å²) in [6, 6.07) is 0. The van der Waals surface area contributed by atoms with Gasteiger partial charge < -0.3 is 10.1 Å². The molecule has 1 aliphatic carbocycles. The lowest BCUT2D eigenvalue weighted by molar-refractivity contribution is -0.167. The van der Waals surface area contributed by atoms with E-state index >= 15 is 0 Å². The first-order chi connectivity index (χ1) is 10.3. The fourth-order valence-electron chi connectivity index (χ4n) is 2.15. The maximum absolute atomic E-state index is 12.4. The minimum Gasteiger partial charge on any atom is -0.462 e. The maximum Gasteiger partial charge on any atom is 0.471 e. The van der Waals surface area contributed by atoms with Gasteiger partial charge in [0.15, 0.2) is 5.78 Å². The number of alkyl halides is 3. The lowest BCUT2D eigenvalue weighted by Gasteiger charge is -2.12. The number of carbonyl (C=O) groups excluding carboxylic acids is 3. The lowest BCUT2D eigenvalue weighted by atomic mass is 9.94. The number of ether oxygens (including phenoxy) is 1. The fourth-order valence-corrected chi connectivity index (χ4v) is 3.35. The smallest absolute Gasteiger partial charge is 0.462 e. The maximum atomic E-state index is 12.4. The zero-order valence-corrected chi connectivity index (χ0v) is 12.3. The summed E-state index contributed by atoms with van der Waals surface area (Å²) in [4.78, 5) is 35.1. The molecule has 0 radical (unpaired) electrons. The number of nitrogens with one attached hydrogen (secondary N) is 1. The molecule has 0 spiro atoms. The number of thiophene rings is 1. The van der Waals surface area contributed by atoms with Crippen LogP contribution in [0.3, 0.4) is 0 Å². The molecule has 1 aromatic rings. The van der Waals surface area contributed by atoms with Crippen LogP contribution in [0.5, 0.6) is 0 Å². The van der Waals surface area contributed by atoms with Gasteiger partial charge in [0.05, 0.1) is 17.0 Å². The zero-order valence-electron chi connectivity index (χ0n) is 11.5. The van der Waals surface area contributed by atoms with Crippen molar-refractivity contribution in [2.45, 2.75) is 32.4 Å². The Balaban J connectivity index is 2.46. The predicted octanol–water partition coefficient (Wildman–Crippen LogP) is 2.94. The fraction of sp³-hybridized carbons (Fsp3) is 0.462. The van der Waals surface area contributed by atoms with E-state index in [4.69, 9.17) is 4.74 Å². The molecule has 9 heteroatoms. The topological polar surface area (TPSA) is 72.5 Å². The highest BCUT2D eigenvalue weighted by Gasteiger charge is 2.40. The van der Waals surface area contributed by atoms with Gasteiger partial charge in [0.2, 0.25) is 0 Å². The minimum atomic E-state index is -5.08. The van der Waals surface area contributed by atoms with Crippen molar-refractivity contribution in [2.24, 2.45) is 0 Å². The summed E-state index contributed by atoms with van der Waals surface area (Å²) in [5.41, 5.74) is 0.213. The van der Waals surface area contributed by atoms with Crippen LogP contribution in [0.4, 0.5) is 18.2 Å². The SMILES string of the molecule is CCOC(=O)c1c(NC(=O)C(F)(F)F)sc2c1CCCC2=O. The molecule has 1 amide bonds. The van der Waals surface area contributed by atoms with E-state index in [2.05, 4.69) is 0 Å². The largest absolute Gasteiger partial charge is 0.471 e. The molecule has 0 saturated heterocycles. The van der Waals surface area contributed by atoms with Crippen molar-refractivity contribution in [1.82, 2.24) is 0 Å². The van der Waals surface area contributed by atoms with Crippen molar-refractivity contribution < 1.29 is 32.3 Å². The van der Waals surface area contributed by atoms with E-state index in [1.165, 1.54) is 0 Å². The Morgan fingerprint density at radius 3 is 2.59 bits per heavy atom. The van der Waals surface area contributed by atoms with Gasteiger partial charge in [-0.25, -0.2) is 4.79 Å². The third-order valence-corrected chi connectivity index (χ3v) is 4.24. The van der Waals surface area contributed by atoms with Crippen LogP contribution in [-0.2, 0) is 16.0 Å². The summed E-state index contributed by atoms with van der Waals surface area (Å²) in [6.45, 7) is 1.58. The van der Waals surface area contributed by atoms with Gasteiger partial charge in [0.1, 0.15) is 5.00 Å². The van der Waals surface area contributed by atoms with Crippen LogP contribution in [0.1, 0.15) is 45.4 Å². The van der Waals surface area contributed by atoms with E-state index in [1.54, 1.807) is 12.2 Å². The Labute approximate surface area is 127 Å². The van der Waals surface area contributed by atoms with Gasteiger partial charge in [0.25, 0.3) is 0 Å². The Hall–Kier alpha value is -1.90. The zero-order chi connectivity index (χ0) is 16.5. The minimum absolute atomic E-state index is 0.0318. The quantitative estimate of drug-likeness (QED) is 0.862. The number of anilines is 1. The van der Waals surface area contributed by atoms with Gasteiger partial charge in [-0.05, 0) is 25.3 Å². The molecule has 0 atom stereocenters. The Morgan fingerprint density at radius 2 is 2.00 bits per heavy atom. The van der Waals surface area contributed by atoms with Gasteiger partial charge in [-0.1, -0.05) is 0 Å². The molecule has 0 saturated carbocycles. The summed E-state index contributed by atoms with van der Waals surface area (Å²) < 4.78 is 42.0. The number of esters is 1. The van der Waals surface area contributed by atoms with Gasteiger partial charge in [-0.2, -0.15) is 13.2 Å². The number of Topliss-reactive ketones (excluding diaryl/α,β-unsaturated/α-hetero) is 1. The number of hydrogen-bond donors (Lipinski definition) is 1. The van der Waals surface area contributed by atoms with Gasteiger partial charge >= 0.3 is 18.1 Å². The van der Waals surface area contributed by atoms with Gasteiger partial charge in [-0.15, -0.1) is 11.3 Å². The molecule has 5 nitrogen and oxygen atoms in total. The van der Waals surface area contributed by atoms with Crippen LogP contribution < -0.4 is 5.32 Å². The number of amides is 1. The van der Waals surface area contributed by atoms with Gasteiger partial charge in [-0.3, -0.25) is 9.59 Å². The van der Waals surface area contributed by atoms with Crippen molar-refractivity contribution in [2.75, 3.05) is 11.9 Å². The van der Waals surface area contributed by atoms with Crippen LogP contribution in [0, 0.1) is 0 Å². The Kier molecular flexibility index (Phi) is 4.55. The Morgan fingerprint density at radius 1 is 1.32 bits per heavy atom. The molecule has 120 valence electrons. The molecular weight excluding hydrogens is 323 g/mol. The highest BCUT2D eigenvalue weighted by atomic mass is 32.1. The van der Waals surface area contributed by atoms with Gasteiger partial charge in [0, 0.05) is 6.42 Å². The normalized spacial score (nSPS) is 14.5. The number of carbonyl (C=O) groups is 3. The number of halogens is 3. The third kappa shape index (κ3) is 3.13. The Bertz CT molecular complexity index is 636. The molecule has 2 rings (SSSR count). The van der Waals surface area contributed by atoms with Crippen molar-refractivity contribution in [3.8, 4) is 0 Å². The molecule has 0 bridgehead atoms. The molecule has 22 heavy (non-hydrogen) atoms. The van der Waals surface area contributed by atoms with Crippen molar-refractivity contribution in [3.05, 3.63) is 16.0 Å². The van der Waals surface area contributed by atoms with Crippen LogP contribution in [-0.4, -0.2) is 30.4 Å². The van der Waals surface area contributed by atoms with E-state index in [1.807, 2.05) is 0 Å². The molecule has 1 aliphatic rings. The third-order valence-electron chi connectivity index (χ3n) is 3.06. The second kappa shape index (κ2) is 6.07. The van der Waals surface area contributed by atoms with Crippen LogP contribution in [0.25, 0.3) is 0 Å². The highest BCUT2D eigenvalue weighted by molar-refractivity contribution is 7.18. The van der Waals surface area contributed by atoms with E-state index in [-0.39, 0.29) is 34.3 Å². The molecule has 1 heterocycles. The summed E-state index contributed by atoms with van der Waals surface area (Å²) in [5, 5.41) is 1.38. The molecular formula is C13H12F3NO4S. The summed E-state index contributed by atoms with van der Waals surface area (Å²) in [7, 11) is 0. The second-order valence-corrected chi connectivity index (χ2v) is 5.58. The van der Waals surface area contributed by atoms with E-state index < -0.39 is 18.1 Å². The van der Waals surface area contributed by atoms with Crippen molar-refractivity contribution >= 4 is 34.0 Å². The number of rotatable bonds is 3. The summed E-state index contributed by atoms with van der Waals surface area (Å²) >= 11 is 0.686. The molecule has 1 N–H and O–H groups in total. The average molecular weight is 335 g/mol. The number of hydrogen-bond acceptors (Lipinski definition) is 5. The van der Waals surface area contributed by atoms with Crippen molar-refractivity contribution in [1.29, 1.82) is 0 Å². The second-order valence-electron chi connectivity index (χ2n) is 4.56. The van der Waals surface area contributed by atoms with Crippen LogP contribution in [0.15, 0.2) is 0 Å². The predicted molar refractivity (Wildman–Crippen MR) is 72.2 cm³/mol. The molecule has 0 fully saturated rings. The van der Waals surface area contributed by atoms with E-state index in [9.17, 15) is 27.6 Å². The van der Waals surface area contributed by atoms with E-state index in [0.717, 1.165) is 0 Å². The first kappa shape index (κ1) is 16.5. The highest BCUT2D eigenvalue weighted by Crippen LogP contribution is 2.39. The standard InChI is InChI=1S/C13H12F3NO4S/c1-2-21-11(19)8-6-4-3-5-7(18)9(6)22-10(8)17-12(20)13(14,15)16/h2-5H2,1H3,(H,17,20). The van der Waals surface area contributed by atoms with Crippen LogP contribution in [0.2, 0.25) is 0 Å². The first-order valence-corrected chi connectivity index (χ1v) is 7.31. The molecule has 0 unspecified atom stereocenters. The molecule has 0 aromatic carbocycles. The summed E-state index contributed by atoms with van der Waals surface area (Å²) in [5.74, 6) is -3.28. The number of ketones is 1. The van der Waals surface area contributed by atoms with E-state index in [0.29, 0.717) is 29.7 Å².